The van der Waals surface area contributed by atoms with E-state index < -0.39 is 5.54 Å². The smallest absolute Gasteiger partial charge is 0.315 e. The number of nitrogens with one attached hydrogen (secondary N) is 4. The average molecular weight is 513 g/mol. The summed E-state index contributed by atoms with van der Waals surface area (Å²) in [6, 6.07) is 13.0. The van der Waals surface area contributed by atoms with Gasteiger partial charge in [0.25, 0.3) is 0 Å². The van der Waals surface area contributed by atoms with Crippen LogP contribution in [-0.2, 0) is 11.2 Å². The zero-order valence-corrected chi connectivity index (χ0v) is 20.3. The minimum atomic E-state index is -0.899. The van der Waals surface area contributed by atoms with Crippen molar-refractivity contribution >= 4 is 44.5 Å². The molecule has 174 valence electrons. The van der Waals surface area contributed by atoms with Crippen LogP contribution in [0.1, 0.15) is 37.7 Å². The van der Waals surface area contributed by atoms with Crippen LogP contribution in [0.5, 0.6) is 5.75 Å². The van der Waals surface area contributed by atoms with Gasteiger partial charge in [-0.1, -0.05) is 35.2 Å². The first-order valence-corrected chi connectivity index (χ1v) is 12.1. The highest BCUT2D eigenvalue weighted by atomic mass is 79.9. The van der Waals surface area contributed by atoms with Crippen molar-refractivity contribution in [3.8, 4) is 5.75 Å². The molecule has 3 aromatic rings. The van der Waals surface area contributed by atoms with E-state index in [2.05, 4.69) is 36.9 Å². The van der Waals surface area contributed by atoms with Crippen molar-refractivity contribution in [1.82, 2.24) is 15.6 Å². The predicted octanol–water partition coefficient (Wildman–Crippen LogP) is 5.12. The van der Waals surface area contributed by atoms with Crippen molar-refractivity contribution in [3.05, 3.63) is 58.7 Å². The first-order valence-electron chi connectivity index (χ1n) is 11.3. The largest absolute Gasteiger partial charge is 0.497 e. The number of halogens is 1. The lowest BCUT2D eigenvalue weighted by atomic mass is 9.81. The zero-order chi connectivity index (χ0) is 23.3. The molecule has 1 aliphatic rings. The van der Waals surface area contributed by atoms with Crippen LogP contribution in [0.25, 0.3) is 10.9 Å². The lowest BCUT2D eigenvalue weighted by molar-refractivity contribution is -0.123. The Morgan fingerprint density at radius 2 is 1.85 bits per heavy atom. The lowest BCUT2D eigenvalue weighted by Crippen LogP contribution is -2.60. The summed E-state index contributed by atoms with van der Waals surface area (Å²) in [7, 11) is 1.65. The van der Waals surface area contributed by atoms with E-state index in [1.54, 1.807) is 7.11 Å². The van der Waals surface area contributed by atoms with Crippen molar-refractivity contribution in [2.24, 2.45) is 0 Å². The Kier molecular flexibility index (Phi) is 7.23. The highest BCUT2D eigenvalue weighted by Gasteiger charge is 2.40. The molecule has 0 unspecified atom stereocenters. The minimum absolute atomic E-state index is 0.164. The maximum Gasteiger partial charge on any atom is 0.315 e. The number of carbonyl (C=O) groups excluding carboxylic acids is 2. The van der Waals surface area contributed by atoms with E-state index in [1.165, 1.54) is 0 Å². The molecule has 1 saturated carbocycles. The molecule has 0 saturated heterocycles. The van der Waals surface area contributed by atoms with Crippen molar-refractivity contribution in [2.75, 3.05) is 19.0 Å². The Hall–Kier alpha value is -3.00. The number of fused-ring (bicyclic) bond motifs is 1. The van der Waals surface area contributed by atoms with Gasteiger partial charge in [-0.05, 0) is 67.3 Å². The molecule has 2 aromatic carbocycles. The second-order valence-corrected chi connectivity index (χ2v) is 9.38. The number of ether oxygens (including phenoxy) is 1. The summed E-state index contributed by atoms with van der Waals surface area (Å²) in [6.07, 6.45) is 6.77. The van der Waals surface area contributed by atoms with Crippen LogP contribution >= 0.6 is 15.9 Å². The van der Waals surface area contributed by atoms with Gasteiger partial charge in [0.2, 0.25) is 5.91 Å². The SMILES string of the molecule is COc1ccc2[nH]cc(CCNC(=O)NC3(C(=O)Nc4ccc(Br)cc4)CCCCC3)c2c1. The molecule has 7 nitrogen and oxygen atoms in total. The van der Waals surface area contributed by atoms with Crippen LogP contribution in [-0.4, -0.2) is 36.1 Å². The molecular formula is C25H29BrN4O3. The first-order chi connectivity index (χ1) is 16.0. The Bertz CT molecular complexity index is 1120. The number of hydrogen-bond acceptors (Lipinski definition) is 3. The number of rotatable bonds is 7. The van der Waals surface area contributed by atoms with E-state index in [0.717, 1.165) is 46.0 Å². The second kappa shape index (κ2) is 10.3. The van der Waals surface area contributed by atoms with Crippen LogP contribution < -0.4 is 20.7 Å². The van der Waals surface area contributed by atoms with Crippen LogP contribution in [0.15, 0.2) is 53.1 Å². The third kappa shape index (κ3) is 5.50. The normalized spacial score (nSPS) is 15.1. The molecule has 1 fully saturated rings. The van der Waals surface area contributed by atoms with E-state index in [1.807, 2.05) is 48.7 Å². The summed E-state index contributed by atoms with van der Waals surface area (Å²) in [6.45, 7) is 0.459. The minimum Gasteiger partial charge on any atom is -0.497 e. The number of aromatic nitrogens is 1. The fourth-order valence-electron chi connectivity index (χ4n) is 4.41. The van der Waals surface area contributed by atoms with Crippen LogP contribution in [0.2, 0.25) is 0 Å². The number of methoxy groups -OCH3 is 1. The highest BCUT2D eigenvalue weighted by Crippen LogP contribution is 2.30. The number of H-pyrrole nitrogens is 1. The Labute approximate surface area is 201 Å². The molecule has 0 aliphatic heterocycles. The van der Waals surface area contributed by atoms with E-state index in [0.29, 0.717) is 31.5 Å². The molecule has 0 radical (unpaired) electrons. The summed E-state index contributed by atoms with van der Waals surface area (Å²) < 4.78 is 6.27. The quantitative estimate of drug-likeness (QED) is 0.353. The number of hydrogen-bond donors (Lipinski definition) is 4. The topological polar surface area (TPSA) is 95.2 Å². The fraction of sp³-hybridized carbons (Fsp3) is 0.360. The van der Waals surface area contributed by atoms with E-state index in [9.17, 15) is 9.59 Å². The second-order valence-electron chi connectivity index (χ2n) is 8.46. The van der Waals surface area contributed by atoms with Gasteiger partial charge in [0, 0.05) is 33.8 Å². The molecule has 8 heteroatoms. The lowest BCUT2D eigenvalue weighted by Gasteiger charge is -2.36. The molecule has 4 N–H and O–H groups in total. The van der Waals surface area contributed by atoms with Gasteiger partial charge >= 0.3 is 6.03 Å². The molecule has 1 aliphatic carbocycles. The van der Waals surface area contributed by atoms with Gasteiger partial charge in [-0.15, -0.1) is 0 Å². The molecule has 0 bridgehead atoms. The molecule has 33 heavy (non-hydrogen) atoms. The van der Waals surface area contributed by atoms with Crippen molar-refractivity contribution in [2.45, 2.75) is 44.1 Å². The molecule has 3 amide bonds. The van der Waals surface area contributed by atoms with Crippen molar-refractivity contribution in [3.63, 3.8) is 0 Å². The Morgan fingerprint density at radius 1 is 1.09 bits per heavy atom. The van der Waals surface area contributed by atoms with Crippen LogP contribution in [0.3, 0.4) is 0 Å². The monoisotopic (exact) mass is 512 g/mol. The third-order valence-electron chi connectivity index (χ3n) is 6.25. The highest BCUT2D eigenvalue weighted by molar-refractivity contribution is 9.10. The average Bonchev–Trinajstić information content (AvgIpc) is 3.23. The Morgan fingerprint density at radius 3 is 2.58 bits per heavy atom. The molecule has 1 aromatic heterocycles. The molecule has 4 rings (SSSR count). The van der Waals surface area contributed by atoms with Gasteiger partial charge < -0.3 is 25.7 Å². The summed E-state index contributed by atoms with van der Waals surface area (Å²) in [5, 5.41) is 9.99. The van der Waals surface area contributed by atoms with Gasteiger partial charge in [-0.25, -0.2) is 4.79 Å². The van der Waals surface area contributed by atoms with Gasteiger partial charge in [-0.2, -0.15) is 0 Å². The molecule has 0 spiro atoms. The number of benzene rings is 2. The molecule has 0 atom stereocenters. The maximum atomic E-state index is 13.2. The van der Waals surface area contributed by atoms with Crippen molar-refractivity contribution in [1.29, 1.82) is 0 Å². The molecule has 1 heterocycles. The third-order valence-corrected chi connectivity index (χ3v) is 6.78. The van der Waals surface area contributed by atoms with Gasteiger partial charge in [0.15, 0.2) is 0 Å². The van der Waals surface area contributed by atoms with Gasteiger partial charge in [0.05, 0.1) is 7.11 Å². The standard InChI is InChI=1S/C25H29BrN4O3/c1-33-20-9-10-22-21(15-20)17(16-28-22)11-14-27-24(32)30-25(12-3-2-4-13-25)23(31)29-19-7-5-18(26)6-8-19/h5-10,15-16,28H,2-4,11-14H2,1H3,(H,29,31)(H2,27,30,32). The van der Waals surface area contributed by atoms with Crippen molar-refractivity contribution < 1.29 is 14.3 Å². The Balaban J connectivity index is 1.37. The predicted molar refractivity (Wildman–Crippen MR) is 134 cm³/mol. The summed E-state index contributed by atoms with van der Waals surface area (Å²) in [5.74, 6) is 0.633. The maximum absolute atomic E-state index is 13.2. The first kappa shape index (κ1) is 23.2. The van der Waals surface area contributed by atoms with Gasteiger partial charge in [0.1, 0.15) is 11.3 Å². The molecular weight excluding hydrogens is 484 g/mol. The number of amides is 3. The van der Waals surface area contributed by atoms with Gasteiger partial charge in [-0.3, -0.25) is 4.79 Å². The van der Waals surface area contributed by atoms with Crippen LogP contribution in [0.4, 0.5) is 10.5 Å². The number of urea groups is 1. The number of aromatic amines is 1. The van der Waals surface area contributed by atoms with E-state index >= 15 is 0 Å². The van der Waals surface area contributed by atoms with E-state index in [4.69, 9.17) is 4.74 Å². The van der Waals surface area contributed by atoms with Crippen LogP contribution in [0, 0.1) is 0 Å². The summed E-state index contributed by atoms with van der Waals surface area (Å²) in [4.78, 5) is 29.2. The number of anilines is 1. The number of carbonyl (C=O) groups is 2. The fourth-order valence-corrected chi connectivity index (χ4v) is 4.68. The summed E-state index contributed by atoms with van der Waals surface area (Å²) >= 11 is 3.40. The van der Waals surface area contributed by atoms with E-state index in [-0.39, 0.29) is 11.9 Å². The summed E-state index contributed by atoms with van der Waals surface area (Å²) in [5.41, 5.74) is 1.94. The zero-order valence-electron chi connectivity index (χ0n) is 18.7.